The number of pyridine rings is 1. The number of piperidine rings is 3. The van der Waals surface area contributed by atoms with Gasteiger partial charge in [-0.05, 0) is 106 Å². The Bertz CT molecular complexity index is 2850. The smallest absolute Gasteiger partial charge is 0.262 e. The second-order valence-corrected chi connectivity index (χ2v) is 19.7. The standard InChI is InChI=1S/C52H60N10O7/c1-32(63)59-22-14-43-42(30-59)49(55-62(43)36-15-24-69-25-16-36)56(2)37-5-7-38(46(27-37)68-3)40-28-47-53-17-23-60(47)31-45(40)58-20-10-33(11-21-58)29-57-18-12-34(13-19-57)35-4-6-39-41(26-35)52(67)61(51(39)66)44-8-9-48(64)54-50(44)65/h4-7,17,23,26-28,31,33-34,36,44H,8-16,18-22,24-25,29-30H2,1-3H3,(H,54,64,65). The van der Waals surface area contributed by atoms with Crippen LogP contribution in [0, 0.1) is 5.92 Å². The number of fused-ring (bicyclic) bond motifs is 3. The lowest BCUT2D eigenvalue weighted by Crippen LogP contribution is -2.54. The fourth-order valence-electron chi connectivity index (χ4n) is 11.8. The molecule has 1 atom stereocenters. The highest BCUT2D eigenvalue weighted by atomic mass is 16.5. The summed E-state index contributed by atoms with van der Waals surface area (Å²) in [5, 5.41) is 7.54. The number of benzene rings is 2. The van der Waals surface area contributed by atoms with Crippen molar-refractivity contribution in [3.63, 3.8) is 0 Å². The molecule has 11 rings (SSSR count). The first-order valence-corrected chi connectivity index (χ1v) is 24.7. The van der Waals surface area contributed by atoms with Gasteiger partial charge in [-0.15, -0.1) is 0 Å². The number of nitrogens with one attached hydrogen (secondary N) is 1. The number of nitrogens with zero attached hydrogens (tertiary/aromatic N) is 9. The molecule has 69 heavy (non-hydrogen) atoms. The summed E-state index contributed by atoms with van der Waals surface area (Å²) in [6.07, 6.45) is 12.9. The van der Waals surface area contributed by atoms with Gasteiger partial charge in [0.25, 0.3) is 11.8 Å². The number of methoxy groups -OCH3 is 1. The van der Waals surface area contributed by atoms with Gasteiger partial charge in [0.1, 0.15) is 17.4 Å². The highest BCUT2D eigenvalue weighted by Gasteiger charge is 2.45. The maximum absolute atomic E-state index is 13.5. The SMILES string of the molecule is COc1cc(N(C)c2nn(C3CCOCC3)c3c2CN(C(C)=O)CC3)ccc1-c1cc2nccn2cc1N1CCC(CN2CCC(c3ccc4c(c3)C(=O)N(C3CCC(=O)NC3=O)C4=O)CC2)CC1. The Balaban J connectivity index is 0.759. The summed E-state index contributed by atoms with van der Waals surface area (Å²) in [4.78, 5) is 78.5. The third-order valence-electron chi connectivity index (χ3n) is 15.7. The van der Waals surface area contributed by atoms with E-state index in [1.165, 1.54) is 5.69 Å². The summed E-state index contributed by atoms with van der Waals surface area (Å²) in [5.41, 5.74) is 9.05. The Hall–Kier alpha value is -6.59. The van der Waals surface area contributed by atoms with Gasteiger partial charge in [-0.1, -0.05) is 6.07 Å². The number of amides is 5. The number of anilines is 3. The van der Waals surface area contributed by atoms with Crippen LogP contribution in [0.2, 0.25) is 0 Å². The molecule has 9 heterocycles. The van der Waals surface area contributed by atoms with E-state index in [-0.39, 0.29) is 36.6 Å². The molecule has 6 aliphatic rings. The van der Waals surface area contributed by atoms with Crippen molar-refractivity contribution in [2.45, 2.75) is 89.3 Å². The number of likely N-dealkylation sites (tertiary alicyclic amines) is 1. The van der Waals surface area contributed by atoms with E-state index in [1.807, 2.05) is 29.4 Å². The van der Waals surface area contributed by atoms with Crippen molar-refractivity contribution in [2.24, 2.45) is 5.92 Å². The zero-order valence-corrected chi connectivity index (χ0v) is 39.7. The summed E-state index contributed by atoms with van der Waals surface area (Å²) < 4.78 is 16.2. The molecule has 2 aromatic carbocycles. The van der Waals surface area contributed by atoms with E-state index in [4.69, 9.17) is 14.6 Å². The highest BCUT2D eigenvalue weighted by molar-refractivity contribution is 6.23. The molecule has 0 aliphatic carbocycles. The van der Waals surface area contributed by atoms with Gasteiger partial charge in [-0.25, -0.2) is 4.98 Å². The van der Waals surface area contributed by atoms with E-state index in [0.717, 1.165) is 147 Å². The van der Waals surface area contributed by atoms with Crippen LogP contribution < -0.4 is 19.9 Å². The Labute approximate surface area is 401 Å². The van der Waals surface area contributed by atoms with Gasteiger partial charge in [0, 0.05) is 119 Å². The number of imide groups is 2. The average molecular weight is 937 g/mol. The average Bonchev–Trinajstić information content (AvgIpc) is 4.07. The van der Waals surface area contributed by atoms with Gasteiger partial charge < -0.3 is 33.5 Å². The minimum atomic E-state index is -0.967. The third kappa shape index (κ3) is 8.32. The number of carbonyl (C=O) groups excluding carboxylic acids is 5. The molecule has 4 saturated heterocycles. The number of aromatic nitrogens is 4. The normalized spacial score (nSPS) is 21.0. The van der Waals surface area contributed by atoms with E-state index < -0.39 is 23.8 Å². The van der Waals surface area contributed by atoms with Crippen LogP contribution in [0.5, 0.6) is 5.75 Å². The maximum atomic E-state index is 13.5. The fraction of sp³-hybridized carbons (Fsp3) is 0.481. The van der Waals surface area contributed by atoms with Crippen LogP contribution in [0.4, 0.5) is 17.2 Å². The van der Waals surface area contributed by atoms with E-state index in [2.05, 4.69) is 71.6 Å². The quantitative estimate of drug-likeness (QED) is 0.169. The second-order valence-electron chi connectivity index (χ2n) is 19.7. The molecule has 0 bridgehead atoms. The Morgan fingerprint density at radius 1 is 0.855 bits per heavy atom. The molecule has 5 amide bonds. The number of carbonyl (C=O) groups is 5. The molecule has 1 unspecified atom stereocenters. The van der Waals surface area contributed by atoms with E-state index in [1.54, 1.807) is 20.1 Å². The van der Waals surface area contributed by atoms with Crippen LogP contribution in [-0.4, -0.2) is 136 Å². The Morgan fingerprint density at radius 3 is 2.38 bits per heavy atom. The summed E-state index contributed by atoms with van der Waals surface area (Å²) in [6.45, 7) is 9.12. The molecule has 360 valence electrons. The van der Waals surface area contributed by atoms with Gasteiger partial charge in [0.05, 0.1) is 36.5 Å². The monoisotopic (exact) mass is 936 g/mol. The molecule has 17 heteroatoms. The van der Waals surface area contributed by atoms with Crippen molar-refractivity contribution >= 4 is 52.4 Å². The van der Waals surface area contributed by atoms with E-state index in [0.29, 0.717) is 30.1 Å². The maximum Gasteiger partial charge on any atom is 0.262 e. The van der Waals surface area contributed by atoms with Crippen LogP contribution in [0.3, 0.4) is 0 Å². The molecule has 5 aromatic rings. The van der Waals surface area contributed by atoms with Gasteiger partial charge in [0.15, 0.2) is 5.82 Å². The van der Waals surface area contributed by atoms with Crippen molar-refractivity contribution in [1.29, 1.82) is 0 Å². The minimum Gasteiger partial charge on any atom is -0.496 e. The zero-order valence-electron chi connectivity index (χ0n) is 39.7. The van der Waals surface area contributed by atoms with Crippen molar-refractivity contribution in [3.05, 3.63) is 89.0 Å². The third-order valence-corrected chi connectivity index (χ3v) is 15.7. The zero-order chi connectivity index (χ0) is 47.5. The van der Waals surface area contributed by atoms with E-state index in [9.17, 15) is 24.0 Å². The van der Waals surface area contributed by atoms with Gasteiger partial charge in [-0.3, -0.25) is 38.9 Å². The lowest BCUT2D eigenvalue weighted by molar-refractivity contribution is -0.136. The Morgan fingerprint density at radius 2 is 1.62 bits per heavy atom. The summed E-state index contributed by atoms with van der Waals surface area (Å²) in [5.74, 6) is 0.618. The number of hydrogen-bond acceptors (Lipinski definition) is 12. The van der Waals surface area contributed by atoms with Gasteiger partial charge in [0.2, 0.25) is 17.7 Å². The van der Waals surface area contributed by atoms with Crippen LogP contribution in [-0.2, 0) is 32.1 Å². The lowest BCUT2D eigenvalue weighted by atomic mass is 9.87. The number of imidazole rings is 1. The van der Waals surface area contributed by atoms with Crippen LogP contribution in [0.1, 0.15) is 108 Å². The minimum absolute atomic E-state index is 0.0732. The van der Waals surface area contributed by atoms with Crippen LogP contribution in [0.25, 0.3) is 16.8 Å². The second kappa shape index (κ2) is 18.4. The molecule has 3 aromatic heterocycles. The molecular formula is C52H60N10O7. The molecule has 0 saturated carbocycles. The molecular weight excluding hydrogens is 877 g/mol. The number of rotatable bonds is 10. The predicted molar refractivity (Wildman–Crippen MR) is 258 cm³/mol. The van der Waals surface area contributed by atoms with Crippen molar-refractivity contribution in [2.75, 3.05) is 76.4 Å². The summed E-state index contributed by atoms with van der Waals surface area (Å²) >= 11 is 0. The van der Waals surface area contributed by atoms with Gasteiger partial charge in [-0.2, -0.15) is 5.10 Å². The van der Waals surface area contributed by atoms with Crippen molar-refractivity contribution in [3.8, 4) is 16.9 Å². The Kier molecular flexibility index (Phi) is 12.0. The lowest BCUT2D eigenvalue weighted by Gasteiger charge is -2.39. The molecule has 17 nitrogen and oxygen atoms in total. The first-order chi connectivity index (χ1) is 33.5. The van der Waals surface area contributed by atoms with Crippen LogP contribution >= 0.6 is 0 Å². The molecule has 1 N–H and O–H groups in total. The van der Waals surface area contributed by atoms with Crippen molar-refractivity contribution < 1.29 is 33.4 Å². The first-order valence-electron chi connectivity index (χ1n) is 24.7. The predicted octanol–water partition coefficient (Wildman–Crippen LogP) is 5.73. The molecule has 0 radical (unpaired) electrons. The van der Waals surface area contributed by atoms with Crippen molar-refractivity contribution in [1.82, 2.24) is 39.2 Å². The molecule has 6 aliphatic heterocycles. The van der Waals surface area contributed by atoms with Gasteiger partial charge >= 0.3 is 0 Å². The molecule has 0 spiro atoms. The van der Waals surface area contributed by atoms with E-state index >= 15 is 0 Å². The topological polar surface area (TPSA) is 167 Å². The molecule has 4 fully saturated rings. The highest BCUT2D eigenvalue weighted by Crippen LogP contribution is 2.43. The van der Waals surface area contributed by atoms with Crippen LogP contribution in [0.15, 0.2) is 61.1 Å². The largest absolute Gasteiger partial charge is 0.496 e. The summed E-state index contributed by atoms with van der Waals surface area (Å²) in [7, 11) is 3.78. The summed E-state index contributed by atoms with van der Waals surface area (Å²) in [6, 6.07) is 13.4. The number of hydrogen-bond donors (Lipinski definition) is 1. The number of ether oxygens (including phenoxy) is 2. The fourth-order valence-corrected chi connectivity index (χ4v) is 11.8. The first kappa shape index (κ1) is 44.9.